The Balaban J connectivity index is 1.92. The Bertz CT molecular complexity index is 924. The number of carbonyl (C=O) groups is 1. The molecule has 0 saturated heterocycles. The van der Waals surface area contributed by atoms with Gasteiger partial charge < -0.3 is 5.32 Å². The van der Waals surface area contributed by atoms with Gasteiger partial charge in [-0.25, -0.2) is 4.79 Å². The summed E-state index contributed by atoms with van der Waals surface area (Å²) >= 11 is 5.93. The smallest absolute Gasteiger partial charge is 0.330 e. The number of halogens is 4. The molecule has 1 aromatic heterocycles. The van der Waals surface area contributed by atoms with Gasteiger partial charge in [0.2, 0.25) is 0 Å². The van der Waals surface area contributed by atoms with E-state index in [-0.39, 0.29) is 22.1 Å². The van der Waals surface area contributed by atoms with Crippen LogP contribution in [-0.2, 0) is 6.18 Å². The van der Waals surface area contributed by atoms with Crippen LogP contribution in [0.25, 0.3) is 11.0 Å². The third-order valence-corrected chi connectivity index (χ3v) is 3.94. The first-order valence-corrected chi connectivity index (χ1v) is 7.63. The Morgan fingerprint density at radius 3 is 2.56 bits per heavy atom. The van der Waals surface area contributed by atoms with Crippen LogP contribution in [0, 0.1) is 0 Å². The Hall–Kier alpha value is -2.61. The number of nitrogens with one attached hydrogen (secondary N) is 1. The highest BCUT2D eigenvalue weighted by atomic mass is 35.5. The van der Waals surface area contributed by atoms with Crippen LogP contribution in [0.2, 0.25) is 5.02 Å². The standard InChI is InChI=1S/C16H12ClF3N4O/c1-9(10-5-3-2-4-6-10)21-15(25)24-14-12(17)7-11(16(18,19)20)8-13(14)22-23-24/h2-9H,1H3,(H,21,25). The summed E-state index contributed by atoms with van der Waals surface area (Å²) in [4.78, 5) is 12.4. The van der Waals surface area contributed by atoms with Crippen molar-refractivity contribution < 1.29 is 18.0 Å². The monoisotopic (exact) mass is 368 g/mol. The van der Waals surface area contributed by atoms with Crippen molar-refractivity contribution in [1.82, 2.24) is 20.3 Å². The van der Waals surface area contributed by atoms with Gasteiger partial charge in [-0.1, -0.05) is 47.1 Å². The number of carbonyl (C=O) groups excluding carboxylic acids is 1. The Morgan fingerprint density at radius 1 is 1.24 bits per heavy atom. The van der Waals surface area contributed by atoms with E-state index >= 15 is 0 Å². The highest BCUT2D eigenvalue weighted by Gasteiger charge is 2.32. The largest absolute Gasteiger partial charge is 0.416 e. The zero-order valence-electron chi connectivity index (χ0n) is 12.9. The fraction of sp³-hybridized carbons (Fsp3) is 0.188. The molecule has 1 atom stereocenters. The van der Waals surface area contributed by atoms with Gasteiger partial charge in [-0.2, -0.15) is 17.9 Å². The summed E-state index contributed by atoms with van der Waals surface area (Å²) < 4.78 is 39.3. The van der Waals surface area contributed by atoms with Gasteiger partial charge in [0.15, 0.2) is 0 Å². The van der Waals surface area contributed by atoms with Crippen LogP contribution in [0.15, 0.2) is 42.5 Å². The molecule has 0 aliphatic rings. The third kappa shape index (κ3) is 3.43. The number of rotatable bonds is 2. The maximum Gasteiger partial charge on any atom is 0.416 e. The Kier molecular flexibility index (Phi) is 4.38. The number of nitrogens with zero attached hydrogens (tertiary/aromatic N) is 3. The minimum atomic E-state index is -4.56. The lowest BCUT2D eigenvalue weighted by atomic mass is 10.1. The number of hydrogen-bond donors (Lipinski definition) is 1. The molecule has 0 saturated carbocycles. The van der Waals surface area contributed by atoms with Crippen molar-refractivity contribution in [2.45, 2.75) is 19.1 Å². The molecule has 9 heteroatoms. The van der Waals surface area contributed by atoms with Crippen molar-refractivity contribution in [3.8, 4) is 0 Å². The number of alkyl halides is 3. The summed E-state index contributed by atoms with van der Waals surface area (Å²) in [5.41, 5.74) is -0.171. The second-order valence-corrected chi connectivity index (χ2v) is 5.81. The maximum absolute atomic E-state index is 12.8. The van der Waals surface area contributed by atoms with Gasteiger partial charge in [0.1, 0.15) is 11.0 Å². The topological polar surface area (TPSA) is 59.8 Å². The highest BCUT2D eigenvalue weighted by Crippen LogP contribution is 2.34. The second-order valence-electron chi connectivity index (χ2n) is 5.41. The van der Waals surface area contributed by atoms with Crippen LogP contribution in [0.4, 0.5) is 18.0 Å². The van der Waals surface area contributed by atoms with Crippen molar-refractivity contribution in [2.75, 3.05) is 0 Å². The molecule has 0 aliphatic heterocycles. The van der Waals surface area contributed by atoms with Crippen LogP contribution in [0.5, 0.6) is 0 Å². The van der Waals surface area contributed by atoms with Gasteiger partial charge in [-0.15, -0.1) is 5.10 Å². The van der Waals surface area contributed by atoms with E-state index in [1.807, 2.05) is 30.3 Å². The lowest BCUT2D eigenvalue weighted by Gasteiger charge is -2.14. The van der Waals surface area contributed by atoms with E-state index in [4.69, 9.17) is 11.6 Å². The van der Waals surface area contributed by atoms with E-state index in [0.29, 0.717) is 0 Å². The van der Waals surface area contributed by atoms with Gasteiger partial charge in [0.25, 0.3) is 0 Å². The first kappa shape index (κ1) is 17.2. The van der Waals surface area contributed by atoms with Crippen LogP contribution in [0.1, 0.15) is 24.1 Å². The lowest BCUT2D eigenvalue weighted by Crippen LogP contribution is -2.31. The van der Waals surface area contributed by atoms with Gasteiger partial charge >= 0.3 is 12.2 Å². The fourth-order valence-electron chi connectivity index (χ4n) is 2.39. The van der Waals surface area contributed by atoms with E-state index in [9.17, 15) is 18.0 Å². The molecule has 0 bridgehead atoms. The first-order chi connectivity index (χ1) is 11.8. The fourth-order valence-corrected chi connectivity index (χ4v) is 2.68. The van der Waals surface area contributed by atoms with Crippen molar-refractivity contribution in [1.29, 1.82) is 0 Å². The number of amides is 1. The van der Waals surface area contributed by atoms with Gasteiger partial charge in [-0.3, -0.25) is 0 Å². The van der Waals surface area contributed by atoms with Gasteiger partial charge in [0.05, 0.1) is 16.6 Å². The molecule has 0 spiro atoms. The number of fused-ring (bicyclic) bond motifs is 1. The molecule has 1 amide bonds. The number of benzene rings is 2. The molecule has 0 radical (unpaired) electrons. The van der Waals surface area contributed by atoms with E-state index in [1.54, 1.807) is 6.92 Å². The van der Waals surface area contributed by atoms with E-state index in [2.05, 4.69) is 15.6 Å². The quantitative estimate of drug-likeness (QED) is 0.728. The Labute approximate surface area is 145 Å². The number of hydrogen-bond acceptors (Lipinski definition) is 3. The predicted molar refractivity (Wildman–Crippen MR) is 86.3 cm³/mol. The van der Waals surface area contributed by atoms with Crippen LogP contribution < -0.4 is 5.32 Å². The summed E-state index contributed by atoms with van der Waals surface area (Å²) in [6.45, 7) is 1.77. The molecule has 1 unspecified atom stereocenters. The highest BCUT2D eigenvalue weighted by molar-refractivity contribution is 6.35. The molecule has 3 aromatic rings. The lowest BCUT2D eigenvalue weighted by molar-refractivity contribution is -0.137. The van der Waals surface area contributed by atoms with Crippen LogP contribution in [-0.4, -0.2) is 21.0 Å². The zero-order valence-corrected chi connectivity index (χ0v) is 13.6. The Morgan fingerprint density at radius 2 is 1.92 bits per heavy atom. The van der Waals surface area contributed by atoms with E-state index in [1.165, 1.54) is 0 Å². The summed E-state index contributed by atoms with van der Waals surface area (Å²) in [6.07, 6.45) is -4.56. The summed E-state index contributed by atoms with van der Waals surface area (Å²) in [6, 6.07) is 9.77. The molecular weight excluding hydrogens is 357 g/mol. The number of aromatic nitrogens is 3. The van der Waals surface area contributed by atoms with Crippen LogP contribution >= 0.6 is 11.6 Å². The molecule has 5 nitrogen and oxygen atoms in total. The minimum Gasteiger partial charge on any atom is -0.330 e. The molecule has 25 heavy (non-hydrogen) atoms. The molecule has 1 N–H and O–H groups in total. The van der Waals surface area contributed by atoms with Gasteiger partial charge in [-0.05, 0) is 24.6 Å². The summed E-state index contributed by atoms with van der Waals surface area (Å²) in [5, 5.41) is 9.70. The van der Waals surface area contributed by atoms with Crippen molar-refractivity contribution in [3.05, 3.63) is 58.6 Å². The van der Waals surface area contributed by atoms with E-state index in [0.717, 1.165) is 22.4 Å². The molecular formula is C16H12ClF3N4O. The minimum absolute atomic E-state index is 0.0208. The average Bonchev–Trinajstić information content (AvgIpc) is 2.99. The van der Waals surface area contributed by atoms with Gasteiger partial charge in [0, 0.05) is 0 Å². The maximum atomic E-state index is 12.8. The average molecular weight is 369 g/mol. The third-order valence-electron chi connectivity index (χ3n) is 3.66. The van der Waals surface area contributed by atoms with Crippen molar-refractivity contribution >= 4 is 28.7 Å². The van der Waals surface area contributed by atoms with E-state index < -0.39 is 17.8 Å². The van der Waals surface area contributed by atoms with Crippen molar-refractivity contribution in [3.63, 3.8) is 0 Å². The molecule has 3 rings (SSSR count). The molecule has 130 valence electrons. The summed E-state index contributed by atoms with van der Waals surface area (Å²) in [7, 11) is 0. The zero-order chi connectivity index (χ0) is 18.2. The van der Waals surface area contributed by atoms with Crippen molar-refractivity contribution in [2.24, 2.45) is 0 Å². The molecule has 1 heterocycles. The molecule has 0 fully saturated rings. The van der Waals surface area contributed by atoms with Crippen LogP contribution in [0.3, 0.4) is 0 Å². The predicted octanol–water partition coefficient (Wildman–Crippen LogP) is 4.42. The normalized spacial score (nSPS) is 13.0. The second kappa shape index (κ2) is 6.36. The SMILES string of the molecule is CC(NC(=O)n1nnc2cc(C(F)(F)F)cc(Cl)c21)c1ccccc1. The molecule has 0 aliphatic carbocycles. The molecule has 2 aromatic carbocycles. The summed E-state index contributed by atoms with van der Waals surface area (Å²) in [5.74, 6) is 0. The first-order valence-electron chi connectivity index (χ1n) is 7.25.